The highest BCUT2D eigenvalue weighted by Crippen LogP contribution is 2.22. The van der Waals surface area contributed by atoms with Gasteiger partial charge in [0.1, 0.15) is 6.61 Å². The monoisotopic (exact) mass is 286 g/mol. The van der Waals surface area contributed by atoms with Crippen LogP contribution in [0.2, 0.25) is 0 Å². The highest BCUT2D eigenvalue weighted by atomic mass is 16.6. The van der Waals surface area contributed by atoms with Crippen LogP contribution in [0.25, 0.3) is 0 Å². The van der Waals surface area contributed by atoms with Crippen molar-refractivity contribution in [3.05, 3.63) is 69.8 Å². The predicted octanol–water partition coefficient (Wildman–Crippen LogP) is 3.65. The molecule has 0 atom stereocenters. The second-order valence-electron chi connectivity index (χ2n) is 4.44. The van der Waals surface area contributed by atoms with Crippen LogP contribution >= 0.6 is 0 Å². The molecule has 0 aliphatic carbocycles. The van der Waals surface area contributed by atoms with E-state index in [0.717, 1.165) is 11.1 Å². The van der Waals surface area contributed by atoms with Gasteiger partial charge in [-0.25, -0.2) is 4.79 Å². The third kappa shape index (κ3) is 4.04. The molecule has 0 fully saturated rings. The van der Waals surface area contributed by atoms with Gasteiger partial charge in [-0.05, 0) is 18.1 Å². The Labute approximate surface area is 121 Å². The molecule has 0 radical (unpaired) electrons. The molecular weight excluding hydrogens is 272 g/mol. The summed E-state index contributed by atoms with van der Waals surface area (Å²) in [6, 6.07) is 13.5. The minimum atomic E-state index is -0.651. The van der Waals surface area contributed by atoms with Gasteiger partial charge in [0.05, 0.1) is 10.6 Å². The SMILES string of the molecule is Cc1ccc([N+](=O)[O-])cc1NC(=O)OCc1ccccc1. The van der Waals surface area contributed by atoms with E-state index in [0.29, 0.717) is 5.69 Å². The van der Waals surface area contributed by atoms with E-state index < -0.39 is 11.0 Å². The van der Waals surface area contributed by atoms with E-state index in [-0.39, 0.29) is 12.3 Å². The molecule has 0 spiro atoms. The maximum atomic E-state index is 11.7. The molecule has 6 heteroatoms. The third-order valence-electron chi connectivity index (χ3n) is 2.88. The Morgan fingerprint density at radius 1 is 1.24 bits per heavy atom. The Hall–Kier alpha value is -2.89. The quantitative estimate of drug-likeness (QED) is 0.687. The number of nitro groups is 1. The van der Waals surface area contributed by atoms with Crippen LogP contribution in [0.1, 0.15) is 11.1 Å². The Morgan fingerprint density at radius 3 is 2.62 bits per heavy atom. The normalized spacial score (nSPS) is 9.95. The average molecular weight is 286 g/mol. The maximum absolute atomic E-state index is 11.7. The zero-order chi connectivity index (χ0) is 15.2. The topological polar surface area (TPSA) is 81.5 Å². The fraction of sp³-hybridized carbons (Fsp3) is 0.133. The largest absolute Gasteiger partial charge is 0.444 e. The molecule has 0 saturated carbocycles. The lowest BCUT2D eigenvalue weighted by molar-refractivity contribution is -0.384. The summed E-state index contributed by atoms with van der Waals surface area (Å²) in [4.78, 5) is 21.9. The number of hydrogen-bond acceptors (Lipinski definition) is 4. The molecule has 2 rings (SSSR count). The summed E-state index contributed by atoms with van der Waals surface area (Å²) in [6.07, 6.45) is -0.651. The van der Waals surface area contributed by atoms with Crippen LogP contribution in [-0.2, 0) is 11.3 Å². The van der Waals surface area contributed by atoms with Crippen LogP contribution in [0.4, 0.5) is 16.2 Å². The van der Waals surface area contributed by atoms with Crippen LogP contribution in [0.15, 0.2) is 48.5 Å². The van der Waals surface area contributed by atoms with E-state index in [1.807, 2.05) is 30.3 Å². The number of non-ortho nitro benzene ring substituents is 1. The van der Waals surface area contributed by atoms with E-state index in [4.69, 9.17) is 4.74 Å². The zero-order valence-corrected chi connectivity index (χ0v) is 11.4. The molecule has 21 heavy (non-hydrogen) atoms. The predicted molar refractivity (Wildman–Crippen MR) is 78.1 cm³/mol. The fourth-order valence-corrected chi connectivity index (χ4v) is 1.73. The Kier molecular flexibility index (Phi) is 4.50. The van der Waals surface area contributed by atoms with Crippen LogP contribution in [0, 0.1) is 17.0 Å². The summed E-state index contributed by atoms with van der Waals surface area (Å²) in [5, 5.41) is 13.2. The lowest BCUT2D eigenvalue weighted by atomic mass is 10.2. The minimum Gasteiger partial charge on any atom is -0.444 e. The van der Waals surface area contributed by atoms with Crippen molar-refractivity contribution in [2.24, 2.45) is 0 Å². The molecule has 0 bridgehead atoms. The molecule has 0 heterocycles. The first-order valence-corrected chi connectivity index (χ1v) is 6.29. The van der Waals surface area contributed by atoms with Gasteiger partial charge < -0.3 is 4.74 Å². The zero-order valence-electron chi connectivity index (χ0n) is 11.4. The van der Waals surface area contributed by atoms with Crippen molar-refractivity contribution in [1.29, 1.82) is 0 Å². The van der Waals surface area contributed by atoms with Crippen LogP contribution in [-0.4, -0.2) is 11.0 Å². The van der Waals surface area contributed by atoms with Crippen molar-refractivity contribution < 1.29 is 14.5 Å². The molecule has 0 aliphatic rings. The summed E-state index contributed by atoms with van der Waals surface area (Å²) in [7, 11) is 0. The number of benzene rings is 2. The van der Waals surface area contributed by atoms with Gasteiger partial charge in [-0.3, -0.25) is 15.4 Å². The van der Waals surface area contributed by atoms with Gasteiger partial charge in [0, 0.05) is 12.1 Å². The molecule has 108 valence electrons. The van der Waals surface area contributed by atoms with E-state index >= 15 is 0 Å². The van der Waals surface area contributed by atoms with Gasteiger partial charge in [0.2, 0.25) is 0 Å². The number of aryl methyl sites for hydroxylation is 1. The number of carbonyl (C=O) groups is 1. The van der Waals surface area contributed by atoms with Crippen LogP contribution < -0.4 is 5.32 Å². The number of carbonyl (C=O) groups excluding carboxylic acids is 1. The first kappa shape index (κ1) is 14.5. The average Bonchev–Trinajstić information content (AvgIpc) is 2.48. The number of nitrogens with zero attached hydrogens (tertiary/aromatic N) is 1. The molecular formula is C15H14N2O4. The van der Waals surface area contributed by atoms with E-state index in [2.05, 4.69) is 5.32 Å². The summed E-state index contributed by atoms with van der Waals surface area (Å²) in [6.45, 7) is 1.89. The van der Waals surface area contributed by atoms with Gasteiger partial charge in [0.25, 0.3) is 5.69 Å². The van der Waals surface area contributed by atoms with Gasteiger partial charge in [-0.1, -0.05) is 36.4 Å². The number of ether oxygens (including phenoxy) is 1. The molecule has 2 aromatic rings. The van der Waals surface area contributed by atoms with Gasteiger partial charge in [0.15, 0.2) is 0 Å². The molecule has 0 aliphatic heterocycles. The van der Waals surface area contributed by atoms with Crippen LogP contribution in [0.3, 0.4) is 0 Å². The Morgan fingerprint density at radius 2 is 1.95 bits per heavy atom. The van der Waals surface area contributed by atoms with Crippen LogP contribution in [0.5, 0.6) is 0 Å². The molecule has 1 N–H and O–H groups in total. The van der Waals surface area contributed by atoms with E-state index in [1.165, 1.54) is 12.1 Å². The molecule has 1 amide bonds. The minimum absolute atomic E-state index is 0.0843. The van der Waals surface area contributed by atoms with Crippen molar-refractivity contribution in [1.82, 2.24) is 0 Å². The lowest BCUT2D eigenvalue weighted by Crippen LogP contribution is -2.14. The highest BCUT2D eigenvalue weighted by Gasteiger charge is 2.11. The van der Waals surface area contributed by atoms with Crippen molar-refractivity contribution in [2.75, 3.05) is 5.32 Å². The second-order valence-corrected chi connectivity index (χ2v) is 4.44. The van der Waals surface area contributed by atoms with E-state index in [1.54, 1.807) is 13.0 Å². The number of amides is 1. The number of rotatable bonds is 4. The highest BCUT2D eigenvalue weighted by molar-refractivity contribution is 5.86. The first-order valence-electron chi connectivity index (χ1n) is 6.29. The smallest absolute Gasteiger partial charge is 0.411 e. The summed E-state index contributed by atoms with van der Waals surface area (Å²) in [5.74, 6) is 0. The van der Waals surface area contributed by atoms with Crippen molar-refractivity contribution in [3.8, 4) is 0 Å². The number of nitro benzene ring substituents is 1. The molecule has 6 nitrogen and oxygen atoms in total. The fourth-order valence-electron chi connectivity index (χ4n) is 1.73. The molecule has 0 unspecified atom stereocenters. The number of hydrogen-bond donors (Lipinski definition) is 1. The standard InChI is InChI=1S/C15H14N2O4/c1-11-7-8-13(17(19)20)9-14(11)16-15(18)21-10-12-5-3-2-4-6-12/h2-9H,10H2,1H3,(H,16,18). The van der Waals surface area contributed by atoms with Gasteiger partial charge in [-0.2, -0.15) is 0 Å². The van der Waals surface area contributed by atoms with E-state index in [9.17, 15) is 14.9 Å². The molecule has 0 saturated heterocycles. The summed E-state index contributed by atoms with van der Waals surface area (Å²) >= 11 is 0. The third-order valence-corrected chi connectivity index (χ3v) is 2.88. The van der Waals surface area contributed by atoms with Gasteiger partial charge in [-0.15, -0.1) is 0 Å². The van der Waals surface area contributed by atoms with Crippen molar-refractivity contribution >= 4 is 17.5 Å². The number of nitrogens with one attached hydrogen (secondary N) is 1. The molecule has 2 aromatic carbocycles. The lowest BCUT2D eigenvalue weighted by Gasteiger charge is -2.09. The van der Waals surface area contributed by atoms with Crippen molar-refractivity contribution in [3.63, 3.8) is 0 Å². The Bertz CT molecular complexity index is 656. The second kappa shape index (κ2) is 6.51. The number of anilines is 1. The Balaban J connectivity index is 1.99. The first-order chi connectivity index (χ1) is 10.1. The van der Waals surface area contributed by atoms with Gasteiger partial charge >= 0.3 is 6.09 Å². The van der Waals surface area contributed by atoms with Crippen molar-refractivity contribution in [2.45, 2.75) is 13.5 Å². The molecule has 0 aromatic heterocycles. The summed E-state index contributed by atoms with van der Waals surface area (Å²) in [5.41, 5.74) is 1.86. The summed E-state index contributed by atoms with van der Waals surface area (Å²) < 4.78 is 5.07. The maximum Gasteiger partial charge on any atom is 0.411 e.